The van der Waals surface area contributed by atoms with Crippen molar-refractivity contribution in [2.24, 2.45) is 51.4 Å². The number of primary amides is 2. The van der Waals surface area contributed by atoms with Gasteiger partial charge in [-0.05, 0) is 89.5 Å². The highest BCUT2D eigenvalue weighted by atomic mass is 16.4. The minimum Gasteiger partial charge on any atom is -0.481 e. The standard InChI is InChI=1S/C59H98N18O16/c1-11-31(6)47(58(93)76-42(26-36-16-13-12-14-17-36)57(92)72-38(19-21-43(61)78)53(88)69-32(7)48(62)83)77-51(86)34(9)68-45(80)28-66-52(87)37(18-15-23-65-59(63)64)71-50(85)35(10)70-55(90)40(24-29(2)3)75-54(89)39(20-22-46(81)82)73-56(91)41(25-30(4)5)74-49(84)33(8)67-44(79)27-60/h12-14,16-17,29-35,37-42,47H,11,15,18-28,60H2,1-10H3,(H2,61,78)(H2,62,83)(H,66,87)(H,67,79)(H,68,80)(H,69,88)(H,70,90)(H,71,85)(H,72,92)(H,73,91)(H,74,84)(H,75,89)(H,76,93)(H,77,86)(H,81,82)(H4,63,64,65)/t31?,32-,33-,34-,35-,37-,38-,39-,40-,41-,42-,47-/m0/s1. The summed E-state index contributed by atoms with van der Waals surface area (Å²) in [5.74, 6) is -14.5. The SMILES string of the molecule is CCC(C)[C@H](NC(=O)[C@H](C)NC(=O)CNC(=O)[C@H](CCCN=C(N)N)NC(=O)[C@H](C)NC(=O)[C@H](CC(C)C)NC(=O)[C@H](CCC(=O)O)NC(=O)[C@H](CC(C)C)NC(=O)[C@H](C)NC(=O)CN)C(=O)N[C@@H](Cc1ccccc1)C(=O)N[C@@H](CCC(N)=O)C(=O)N[C@@H](C)C(N)=O. The zero-order valence-electron chi connectivity index (χ0n) is 54.6. The van der Waals surface area contributed by atoms with Crippen LogP contribution in [-0.2, 0) is 78.3 Å². The van der Waals surface area contributed by atoms with E-state index in [2.05, 4.69) is 68.8 Å². The Hall–Kier alpha value is -9.50. The fraction of sp³-hybridized carbons (Fsp3) is 0.627. The molecule has 0 aliphatic heterocycles. The summed E-state index contributed by atoms with van der Waals surface area (Å²) in [4.78, 5) is 201. The number of carbonyl (C=O) groups excluding carboxylic acids is 14. The number of benzene rings is 1. The lowest BCUT2D eigenvalue weighted by Gasteiger charge is -2.28. The number of hydrogen-bond donors (Lipinski definition) is 18. The van der Waals surface area contributed by atoms with Gasteiger partial charge in [0.2, 0.25) is 82.7 Å². The first-order valence-corrected chi connectivity index (χ1v) is 30.7. The molecule has 1 unspecified atom stereocenters. The van der Waals surface area contributed by atoms with Gasteiger partial charge in [0, 0.05) is 25.8 Å². The average molecular weight is 1320 g/mol. The van der Waals surface area contributed by atoms with E-state index < -0.39 is 187 Å². The Morgan fingerprint density at radius 3 is 1.38 bits per heavy atom. The van der Waals surface area contributed by atoms with Crippen LogP contribution in [0.2, 0.25) is 0 Å². The van der Waals surface area contributed by atoms with Crippen molar-refractivity contribution in [2.75, 3.05) is 19.6 Å². The van der Waals surface area contributed by atoms with Crippen molar-refractivity contribution >= 4 is 94.6 Å². The number of carbonyl (C=O) groups is 15. The molecule has 23 N–H and O–H groups in total. The van der Waals surface area contributed by atoms with Crippen LogP contribution in [0.15, 0.2) is 35.3 Å². The average Bonchev–Trinajstić information content (AvgIpc) is 0.986. The zero-order chi connectivity index (χ0) is 70.8. The van der Waals surface area contributed by atoms with Crippen molar-refractivity contribution in [3.8, 4) is 0 Å². The Labute approximate surface area is 540 Å². The van der Waals surface area contributed by atoms with Crippen molar-refractivity contribution in [1.82, 2.24) is 63.8 Å². The van der Waals surface area contributed by atoms with E-state index in [0.29, 0.717) is 12.0 Å². The molecule has 34 heteroatoms. The maximum Gasteiger partial charge on any atom is 0.303 e. The molecule has 0 aliphatic rings. The minimum absolute atomic E-state index is 0.000201. The third-order valence-electron chi connectivity index (χ3n) is 14.2. The number of amides is 14. The molecule has 0 fully saturated rings. The maximum atomic E-state index is 14.2. The monoisotopic (exact) mass is 1310 g/mol. The third-order valence-corrected chi connectivity index (χ3v) is 14.2. The Balaban J connectivity index is 3.32. The molecule has 0 radical (unpaired) electrons. The van der Waals surface area contributed by atoms with Crippen molar-refractivity contribution in [2.45, 2.75) is 200 Å². The number of hydrogen-bond acceptors (Lipinski definition) is 17. The van der Waals surface area contributed by atoms with Crippen LogP contribution in [0.1, 0.15) is 133 Å². The Morgan fingerprint density at radius 1 is 0.462 bits per heavy atom. The van der Waals surface area contributed by atoms with Gasteiger partial charge in [0.1, 0.15) is 66.5 Å². The van der Waals surface area contributed by atoms with E-state index in [0.717, 1.165) is 0 Å². The predicted octanol–water partition coefficient (Wildman–Crippen LogP) is -5.48. The molecule has 0 saturated heterocycles. The second-order valence-corrected chi connectivity index (χ2v) is 23.4. The van der Waals surface area contributed by atoms with Gasteiger partial charge < -0.3 is 97.6 Å². The van der Waals surface area contributed by atoms with Crippen LogP contribution in [0.3, 0.4) is 0 Å². The lowest BCUT2D eigenvalue weighted by atomic mass is 9.96. The van der Waals surface area contributed by atoms with Crippen LogP contribution in [-0.4, -0.2) is 186 Å². The predicted molar refractivity (Wildman–Crippen MR) is 339 cm³/mol. The highest BCUT2D eigenvalue weighted by molar-refractivity contribution is 5.99. The summed E-state index contributed by atoms with van der Waals surface area (Å²) in [6, 6.07) is -6.25. The first-order chi connectivity index (χ1) is 43.5. The van der Waals surface area contributed by atoms with Crippen LogP contribution in [0.5, 0.6) is 0 Å². The Morgan fingerprint density at radius 2 is 0.882 bits per heavy atom. The van der Waals surface area contributed by atoms with E-state index in [9.17, 15) is 77.0 Å². The fourth-order valence-corrected chi connectivity index (χ4v) is 8.76. The van der Waals surface area contributed by atoms with Crippen molar-refractivity contribution in [3.05, 3.63) is 35.9 Å². The van der Waals surface area contributed by atoms with Crippen molar-refractivity contribution < 1.29 is 77.0 Å². The molecule has 93 heavy (non-hydrogen) atoms. The summed E-state index contributed by atoms with van der Waals surface area (Å²) < 4.78 is 0. The number of carboxylic acid groups (broad SMARTS) is 1. The van der Waals surface area contributed by atoms with E-state index in [-0.39, 0.29) is 69.3 Å². The molecule has 520 valence electrons. The second-order valence-electron chi connectivity index (χ2n) is 23.4. The first kappa shape index (κ1) is 81.5. The van der Waals surface area contributed by atoms with E-state index in [1.54, 1.807) is 71.9 Å². The van der Waals surface area contributed by atoms with Crippen LogP contribution in [0.4, 0.5) is 0 Å². The van der Waals surface area contributed by atoms with E-state index in [4.69, 9.17) is 28.7 Å². The molecule has 14 amide bonds. The highest BCUT2D eigenvalue weighted by Gasteiger charge is 2.36. The van der Waals surface area contributed by atoms with Crippen LogP contribution >= 0.6 is 0 Å². The molecule has 12 atom stereocenters. The normalized spacial score (nSPS) is 14.8. The van der Waals surface area contributed by atoms with Gasteiger partial charge in [0.05, 0.1) is 13.1 Å². The number of guanidine groups is 1. The summed E-state index contributed by atoms with van der Waals surface area (Å²) in [6.07, 6.45) is -1.45. The number of aliphatic carboxylic acids is 1. The van der Waals surface area contributed by atoms with Gasteiger partial charge in [-0.3, -0.25) is 76.9 Å². The van der Waals surface area contributed by atoms with Gasteiger partial charge in [0.15, 0.2) is 5.96 Å². The second kappa shape index (κ2) is 41.8. The molecule has 0 bridgehead atoms. The highest BCUT2D eigenvalue weighted by Crippen LogP contribution is 2.14. The summed E-state index contributed by atoms with van der Waals surface area (Å²) in [5.41, 5.74) is 27.5. The molecule has 0 saturated carbocycles. The molecular formula is C59H98N18O16. The van der Waals surface area contributed by atoms with Gasteiger partial charge in [-0.2, -0.15) is 0 Å². The van der Waals surface area contributed by atoms with Gasteiger partial charge in [-0.25, -0.2) is 0 Å². The quantitative estimate of drug-likeness (QED) is 0.0165. The van der Waals surface area contributed by atoms with Crippen LogP contribution < -0.4 is 92.5 Å². The Kier molecular flexibility index (Phi) is 36.6. The number of nitrogens with two attached hydrogens (primary N) is 5. The molecule has 0 heterocycles. The van der Waals surface area contributed by atoms with Crippen molar-refractivity contribution in [3.63, 3.8) is 0 Å². The summed E-state index contributed by atoms with van der Waals surface area (Å²) in [6.45, 7) is 14.4. The Bertz CT molecular complexity index is 2780. The van der Waals surface area contributed by atoms with Gasteiger partial charge in [0.25, 0.3) is 0 Å². The molecule has 0 aliphatic carbocycles. The summed E-state index contributed by atoms with van der Waals surface area (Å²) >= 11 is 0. The largest absolute Gasteiger partial charge is 0.481 e. The lowest BCUT2D eigenvalue weighted by Crippen LogP contribution is -2.60. The number of aliphatic imine (C=N–C) groups is 1. The smallest absolute Gasteiger partial charge is 0.303 e. The van der Waals surface area contributed by atoms with Crippen LogP contribution in [0.25, 0.3) is 0 Å². The molecule has 34 nitrogen and oxygen atoms in total. The lowest BCUT2D eigenvalue weighted by molar-refractivity contribution is -0.139. The number of nitrogens with one attached hydrogen (secondary N) is 12. The zero-order valence-corrected chi connectivity index (χ0v) is 54.6. The molecule has 1 aromatic rings. The first-order valence-electron chi connectivity index (χ1n) is 30.7. The fourth-order valence-electron chi connectivity index (χ4n) is 8.76. The molecular weight excluding hydrogens is 1220 g/mol. The minimum atomic E-state index is -1.55. The van der Waals surface area contributed by atoms with Crippen LogP contribution in [0, 0.1) is 17.8 Å². The summed E-state index contributed by atoms with van der Waals surface area (Å²) in [5, 5.41) is 39.4. The van der Waals surface area contributed by atoms with E-state index in [1.165, 1.54) is 27.7 Å². The van der Waals surface area contributed by atoms with Crippen molar-refractivity contribution in [1.29, 1.82) is 0 Å². The van der Waals surface area contributed by atoms with Gasteiger partial charge in [-0.15, -0.1) is 0 Å². The maximum absolute atomic E-state index is 14.2. The number of nitrogens with zero attached hydrogens (tertiary/aromatic N) is 1. The topological polar surface area (TPSA) is 563 Å². The van der Waals surface area contributed by atoms with Gasteiger partial charge in [-0.1, -0.05) is 78.3 Å². The van der Waals surface area contributed by atoms with E-state index in [1.807, 2.05) is 0 Å². The summed E-state index contributed by atoms with van der Waals surface area (Å²) in [7, 11) is 0. The number of rotatable bonds is 43. The molecule has 0 spiro atoms. The molecule has 1 rings (SSSR count). The third kappa shape index (κ3) is 32.4. The molecule has 1 aromatic carbocycles. The van der Waals surface area contributed by atoms with E-state index >= 15 is 0 Å². The number of carboxylic acids is 1. The molecule has 0 aromatic heterocycles. The van der Waals surface area contributed by atoms with Gasteiger partial charge >= 0.3 is 5.97 Å².